The van der Waals surface area contributed by atoms with E-state index >= 15 is 0 Å². The van der Waals surface area contributed by atoms with Crippen LogP contribution < -0.4 is 21.7 Å². The molecule has 1 aromatic heterocycles. The zero-order chi connectivity index (χ0) is 36.6. The Hall–Kier alpha value is -3.04. The number of nitrogens with one attached hydrogen (secondary N) is 3. The van der Waals surface area contributed by atoms with Gasteiger partial charge in [0.25, 0.3) is 15.9 Å². The van der Waals surface area contributed by atoms with Gasteiger partial charge < -0.3 is 26.6 Å². The number of nitrogens with zero attached hydrogens (tertiary/aromatic N) is 2. The predicted molar refractivity (Wildman–Crippen MR) is 187 cm³/mol. The molecule has 4 rings (SSSR count). The Balaban J connectivity index is 1.52. The third-order valence-corrected chi connectivity index (χ3v) is 14.3. The van der Waals surface area contributed by atoms with Gasteiger partial charge in [0.15, 0.2) is 0 Å². The summed E-state index contributed by atoms with van der Waals surface area (Å²) in [6.45, 7) is 13.7. The monoisotopic (exact) mass is 722 g/mol. The summed E-state index contributed by atoms with van der Waals surface area (Å²) in [4.78, 5) is 68.1. The molecular weight excluding hydrogens is 669 g/mol. The van der Waals surface area contributed by atoms with Crippen LogP contribution in [0.2, 0.25) is 0 Å². The van der Waals surface area contributed by atoms with Crippen molar-refractivity contribution in [3.63, 3.8) is 0 Å². The molecule has 0 bridgehead atoms. The molecule has 15 heteroatoms. The second kappa shape index (κ2) is 14.7. The third-order valence-electron chi connectivity index (χ3n) is 11.1. The molecule has 0 aromatic carbocycles. The lowest BCUT2D eigenvalue weighted by molar-refractivity contribution is -0.145. The summed E-state index contributed by atoms with van der Waals surface area (Å²) < 4.78 is 27.7. The van der Waals surface area contributed by atoms with Gasteiger partial charge in [0.2, 0.25) is 17.6 Å². The Morgan fingerprint density at radius 3 is 2.29 bits per heavy atom. The van der Waals surface area contributed by atoms with Crippen molar-refractivity contribution in [3.05, 3.63) is 17.5 Å². The molecule has 0 spiro atoms. The lowest BCUT2D eigenvalue weighted by Gasteiger charge is -2.38. The number of Topliss-reactive ketones (excluding diaryl/α,β-unsaturated/α-hetero) is 1. The molecule has 3 aliphatic rings. The molecule has 274 valence electrons. The van der Waals surface area contributed by atoms with Gasteiger partial charge in [-0.15, -0.1) is 11.3 Å². The second-order valence-electron chi connectivity index (χ2n) is 15.8. The van der Waals surface area contributed by atoms with Crippen molar-refractivity contribution >= 4 is 50.9 Å². The number of ketones is 1. The van der Waals surface area contributed by atoms with Crippen molar-refractivity contribution in [3.8, 4) is 0 Å². The summed E-state index contributed by atoms with van der Waals surface area (Å²) in [5.41, 5.74) is 4.36. The first kappa shape index (κ1) is 38.8. The lowest BCUT2D eigenvalue weighted by atomic mass is 9.80. The number of carbonyl (C=O) groups is 5. The fourth-order valence-corrected chi connectivity index (χ4v) is 9.68. The van der Waals surface area contributed by atoms with Crippen molar-refractivity contribution in [1.29, 1.82) is 0 Å². The van der Waals surface area contributed by atoms with Crippen molar-refractivity contribution in [2.75, 3.05) is 20.1 Å². The van der Waals surface area contributed by atoms with Crippen LogP contribution in [0.1, 0.15) is 80.6 Å². The predicted octanol–water partition coefficient (Wildman–Crippen LogP) is 2.71. The molecule has 7 atom stereocenters. The summed E-state index contributed by atoms with van der Waals surface area (Å²) in [5.74, 6) is -2.88. The van der Waals surface area contributed by atoms with E-state index in [-0.39, 0.29) is 39.8 Å². The molecule has 2 heterocycles. The van der Waals surface area contributed by atoms with Crippen LogP contribution in [0.5, 0.6) is 0 Å². The van der Waals surface area contributed by atoms with E-state index in [9.17, 15) is 32.4 Å². The quantitative estimate of drug-likeness (QED) is 0.200. The van der Waals surface area contributed by atoms with E-state index in [4.69, 9.17) is 5.73 Å². The number of sulfonamides is 1. The number of likely N-dealkylation sites (N-methyl/N-ethyl adjacent to an activating group) is 1. The first-order chi connectivity index (χ1) is 22.7. The van der Waals surface area contributed by atoms with Gasteiger partial charge in [-0.3, -0.25) is 19.2 Å². The number of carbonyl (C=O) groups excluding carboxylic acids is 5. The average Bonchev–Trinajstić information content (AvgIpc) is 3.45. The van der Waals surface area contributed by atoms with E-state index in [1.54, 1.807) is 11.4 Å². The molecule has 3 fully saturated rings. The lowest BCUT2D eigenvalue weighted by Crippen LogP contribution is -2.62. The number of likely N-dealkylation sites (tertiary alicyclic amines) is 1. The highest BCUT2D eigenvalue weighted by molar-refractivity contribution is 7.91. The first-order valence-corrected chi connectivity index (χ1v) is 19.5. The van der Waals surface area contributed by atoms with E-state index in [0.717, 1.165) is 30.6 Å². The number of amides is 5. The van der Waals surface area contributed by atoms with E-state index in [1.807, 2.05) is 48.5 Å². The molecule has 1 saturated heterocycles. The van der Waals surface area contributed by atoms with Gasteiger partial charge in [0.1, 0.15) is 16.3 Å². The Morgan fingerprint density at radius 1 is 1.12 bits per heavy atom. The topological polar surface area (TPSA) is 188 Å². The van der Waals surface area contributed by atoms with Gasteiger partial charge in [0, 0.05) is 26.2 Å². The number of hydrogen-bond acceptors (Lipinski definition) is 8. The summed E-state index contributed by atoms with van der Waals surface area (Å²) >= 11 is 1.12. The van der Waals surface area contributed by atoms with Crippen LogP contribution in [0.25, 0.3) is 0 Å². The minimum Gasteiger partial charge on any atom is -0.363 e. The molecule has 0 radical (unpaired) electrons. The van der Waals surface area contributed by atoms with Crippen molar-refractivity contribution < 1.29 is 32.4 Å². The summed E-state index contributed by atoms with van der Waals surface area (Å²) in [7, 11) is -2.28. The van der Waals surface area contributed by atoms with Crippen LogP contribution in [-0.4, -0.2) is 91.5 Å². The van der Waals surface area contributed by atoms with Crippen LogP contribution >= 0.6 is 11.3 Å². The Bertz CT molecular complexity index is 1520. The van der Waals surface area contributed by atoms with Gasteiger partial charge in [0.05, 0.1) is 6.04 Å². The standard InChI is InChI=1S/C34H54N6O7S2/c1-9-19(2)23(18-39(8)49(46,47)24-14-11-15-48-24)37-32(45)38-28(33(3,4)5)31(44)40-17-21-25(34(21,6)7)26(40)30(43)36-22(27(41)29(35)42)16-20-12-10-13-20/h11,14-15,19-23,25-26,28H,9-10,12-13,16-18H2,1-8H3,(H2,35,42)(H,36,43)(H2,37,38,45)/t19-,21-,22?,23+,25-,26-,28+/m0/s1. The molecule has 1 aromatic rings. The van der Waals surface area contributed by atoms with Gasteiger partial charge in [-0.05, 0) is 52.4 Å². The molecule has 13 nitrogen and oxygen atoms in total. The van der Waals surface area contributed by atoms with E-state index in [0.29, 0.717) is 19.4 Å². The van der Waals surface area contributed by atoms with Crippen LogP contribution in [0.15, 0.2) is 21.7 Å². The normalized spacial score (nSPS) is 24.2. The number of urea groups is 1. The van der Waals surface area contributed by atoms with Crippen LogP contribution in [0, 0.1) is 34.5 Å². The van der Waals surface area contributed by atoms with Crippen molar-refractivity contribution in [2.24, 2.45) is 40.2 Å². The van der Waals surface area contributed by atoms with Crippen LogP contribution in [0.3, 0.4) is 0 Å². The summed E-state index contributed by atoms with van der Waals surface area (Å²) in [5, 5.41) is 10.3. The highest BCUT2D eigenvalue weighted by Crippen LogP contribution is 2.65. The summed E-state index contributed by atoms with van der Waals surface area (Å²) in [6, 6.07) is -0.971. The van der Waals surface area contributed by atoms with Gasteiger partial charge >= 0.3 is 6.03 Å². The van der Waals surface area contributed by atoms with Gasteiger partial charge in [-0.2, -0.15) is 4.31 Å². The first-order valence-electron chi connectivity index (χ1n) is 17.2. The summed E-state index contributed by atoms with van der Waals surface area (Å²) in [6.07, 6.45) is 3.83. The van der Waals surface area contributed by atoms with Crippen LogP contribution in [-0.2, 0) is 29.2 Å². The van der Waals surface area contributed by atoms with Crippen LogP contribution in [0.4, 0.5) is 4.79 Å². The Kier molecular flexibility index (Phi) is 11.6. The smallest absolute Gasteiger partial charge is 0.315 e. The second-order valence-corrected chi connectivity index (χ2v) is 19.1. The SMILES string of the molecule is CC[C@H](C)[C@@H](CN(C)S(=O)(=O)c1cccs1)NC(=O)N[C@H](C(=O)N1C[C@H]2[C@@H]([C@H]1C(=O)NC(CC1CCC1)C(=O)C(N)=O)C2(C)C)C(C)(C)C. The third kappa shape index (κ3) is 8.30. The maximum atomic E-state index is 14.4. The zero-order valence-corrected chi connectivity index (χ0v) is 31.6. The number of fused-ring (bicyclic) bond motifs is 1. The highest BCUT2D eigenvalue weighted by Gasteiger charge is 2.70. The molecule has 2 saturated carbocycles. The minimum atomic E-state index is -3.75. The average molecular weight is 723 g/mol. The molecule has 2 aliphatic carbocycles. The number of piperidine rings is 1. The van der Waals surface area contributed by atoms with E-state index < -0.39 is 69.1 Å². The molecule has 5 amide bonds. The Morgan fingerprint density at radius 2 is 1.78 bits per heavy atom. The minimum absolute atomic E-state index is 0.0235. The molecule has 49 heavy (non-hydrogen) atoms. The molecule has 5 N–H and O–H groups in total. The van der Waals surface area contributed by atoms with Crippen molar-refractivity contribution in [2.45, 2.75) is 109 Å². The number of nitrogens with two attached hydrogens (primary N) is 1. The zero-order valence-electron chi connectivity index (χ0n) is 29.9. The molecule has 1 aliphatic heterocycles. The van der Waals surface area contributed by atoms with Crippen molar-refractivity contribution in [1.82, 2.24) is 25.2 Å². The highest BCUT2D eigenvalue weighted by atomic mass is 32.2. The molecule has 1 unspecified atom stereocenters. The molecular formula is C34H54N6O7S2. The fraction of sp³-hybridized carbons (Fsp3) is 0.735. The van der Waals surface area contributed by atoms with Gasteiger partial charge in [-0.25, -0.2) is 13.2 Å². The number of thiophene rings is 1. The fourth-order valence-electron chi connectivity index (χ4n) is 7.28. The van der Waals surface area contributed by atoms with E-state index in [2.05, 4.69) is 16.0 Å². The number of primary amides is 1. The Labute approximate surface area is 294 Å². The maximum Gasteiger partial charge on any atom is 0.315 e. The number of rotatable bonds is 15. The maximum absolute atomic E-state index is 14.4. The number of hydrogen-bond donors (Lipinski definition) is 4. The van der Waals surface area contributed by atoms with Gasteiger partial charge in [-0.1, -0.05) is 80.2 Å². The largest absolute Gasteiger partial charge is 0.363 e. The van der Waals surface area contributed by atoms with E-state index in [1.165, 1.54) is 22.3 Å².